The van der Waals surface area contributed by atoms with Crippen LogP contribution < -0.4 is 11.2 Å². The lowest BCUT2D eigenvalue weighted by molar-refractivity contribution is -0.137. The zero-order chi connectivity index (χ0) is 21.0. The third-order valence-corrected chi connectivity index (χ3v) is 4.55. The largest absolute Gasteiger partial charge is 0.480 e. The number of hydrogen-bond donors (Lipinski definition) is 1. The molecule has 0 fully saturated rings. The lowest BCUT2D eigenvalue weighted by atomic mass is 10.2. The van der Waals surface area contributed by atoms with Gasteiger partial charge in [-0.1, -0.05) is 33.6 Å². The minimum absolute atomic E-state index is 0.113. The highest BCUT2D eigenvalue weighted by Gasteiger charge is 2.17. The van der Waals surface area contributed by atoms with Crippen molar-refractivity contribution in [3.05, 3.63) is 78.1 Å². The lowest BCUT2D eigenvalue weighted by Crippen LogP contribution is -2.41. The fourth-order valence-electron chi connectivity index (χ4n) is 2.64. The summed E-state index contributed by atoms with van der Waals surface area (Å²) in [7, 11) is 0. The summed E-state index contributed by atoms with van der Waals surface area (Å²) in [5.41, 5.74) is -1.26. The van der Waals surface area contributed by atoms with E-state index in [1.807, 2.05) is 0 Å². The predicted molar refractivity (Wildman–Crippen MR) is 126 cm³/mol. The zero-order valence-corrected chi connectivity index (χ0v) is 20.5. The van der Waals surface area contributed by atoms with Gasteiger partial charge in [-0.2, -0.15) is 0 Å². The third-order valence-electron chi connectivity index (χ3n) is 3.82. The molecule has 0 bridgehead atoms. The molecule has 3 rings (SSSR count). The second-order valence-corrected chi connectivity index (χ2v) is 6.90. The van der Waals surface area contributed by atoms with Crippen molar-refractivity contribution in [3.8, 4) is 0 Å². The molecule has 0 aliphatic carbocycles. The van der Waals surface area contributed by atoms with Crippen molar-refractivity contribution >= 4 is 81.6 Å². The van der Waals surface area contributed by atoms with E-state index in [2.05, 4.69) is 53.2 Å². The molecular formula is C17H11BrClFI2N2O4. The van der Waals surface area contributed by atoms with Gasteiger partial charge in [0.2, 0.25) is 0 Å². The summed E-state index contributed by atoms with van der Waals surface area (Å²) in [4.78, 5) is 36.6. The number of rotatable bonds is 4. The van der Waals surface area contributed by atoms with E-state index in [0.29, 0.717) is 4.47 Å². The molecular weight excluding hydrogens is 684 g/mol. The van der Waals surface area contributed by atoms with Gasteiger partial charge in [-0.15, -0.1) is 0 Å². The molecule has 0 unspecified atom stereocenters. The summed E-state index contributed by atoms with van der Waals surface area (Å²) in [6.07, 6.45) is 0. The summed E-state index contributed by atoms with van der Waals surface area (Å²) in [5.74, 6) is -1.85. The van der Waals surface area contributed by atoms with Crippen LogP contribution in [0, 0.1) is 5.82 Å². The van der Waals surface area contributed by atoms with Gasteiger partial charge in [0.25, 0.3) is 5.56 Å². The van der Waals surface area contributed by atoms with Crippen molar-refractivity contribution in [3.63, 3.8) is 0 Å². The number of halogens is 5. The van der Waals surface area contributed by atoms with E-state index in [4.69, 9.17) is 16.7 Å². The Hall–Kier alpha value is -0.990. The van der Waals surface area contributed by atoms with Crippen LogP contribution in [0.25, 0.3) is 10.9 Å². The molecule has 0 aliphatic heterocycles. The molecule has 0 spiro atoms. The zero-order valence-electron chi connectivity index (χ0n) is 13.8. The van der Waals surface area contributed by atoms with E-state index in [1.54, 1.807) is 6.07 Å². The fraction of sp³-hybridized carbons (Fsp3) is 0.118. The van der Waals surface area contributed by atoms with Gasteiger partial charge in [0, 0.05) is 52.3 Å². The van der Waals surface area contributed by atoms with Crippen LogP contribution in [-0.2, 0) is 17.9 Å². The Morgan fingerprint density at radius 3 is 2.43 bits per heavy atom. The molecule has 1 N–H and O–H groups in total. The molecule has 0 aliphatic rings. The summed E-state index contributed by atoms with van der Waals surface area (Å²) >= 11 is 13.3. The second-order valence-electron chi connectivity index (χ2n) is 5.55. The molecule has 11 heteroatoms. The first-order chi connectivity index (χ1) is 13.3. The summed E-state index contributed by atoms with van der Waals surface area (Å²) in [5, 5.41) is 9.47. The Bertz CT molecular complexity index is 1170. The van der Waals surface area contributed by atoms with Crippen LogP contribution in [0.15, 0.2) is 50.5 Å². The Kier molecular flexibility index (Phi) is 8.45. The maximum atomic E-state index is 14.1. The molecule has 3 aromatic rings. The molecule has 6 nitrogen and oxygen atoms in total. The molecule has 0 radical (unpaired) electrons. The van der Waals surface area contributed by atoms with Gasteiger partial charge >= 0.3 is 11.7 Å². The highest BCUT2D eigenvalue weighted by Crippen LogP contribution is 2.18. The van der Waals surface area contributed by atoms with Crippen LogP contribution in [-0.4, -0.2) is 20.2 Å². The monoisotopic (exact) mass is 694 g/mol. The quantitative estimate of drug-likeness (QED) is 0.405. The number of hydrogen-bond acceptors (Lipinski definition) is 3. The number of aromatic nitrogens is 2. The molecule has 1 heterocycles. The average molecular weight is 695 g/mol. The molecule has 0 atom stereocenters. The Labute approximate surface area is 194 Å². The number of nitrogens with zero attached hydrogens (tertiary/aromatic N) is 2. The molecule has 148 valence electrons. The molecule has 0 saturated heterocycles. The number of carboxylic acid groups (broad SMARTS) is 1. The lowest BCUT2D eigenvalue weighted by Gasteiger charge is -2.13. The van der Waals surface area contributed by atoms with Crippen molar-refractivity contribution in [2.24, 2.45) is 0 Å². The van der Waals surface area contributed by atoms with Crippen LogP contribution in [0.1, 0.15) is 5.56 Å². The average Bonchev–Trinajstić information content (AvgIpc) is 2.65. The first kappa shape index (κ1) is 23.3. The van der Waals surface area contributed by atoms with Gasteiger partial charge in [-0.05, 0) is 30.3 Å². The first-order valence-corrected chi connectivity index (χ1v) is 15.0. The van der Waals surface area contributed by atoms with Gasteiger partial charge in [-0.25, -0.2) is 9.18 Å². The minimum atomic E-state index is -1.26. The number of carbonyl (C=O) groups is 1. The van der Waals surface area contributed by atoms with Gasteiger partial charge in [0.1, 0.15) is 12.4 Å². The summed E-state index contributed by atoms with van der Waals surface area (Å²) in [6, 6.07) is 8.47. The molecule has 0 amide bonds. The van der Waals surface area contributed by atoms with E-state index in [9.17, 15) is 18.8 Å². The smallest absolute Gasteiger partial charge is 0.332 e. The van der Waals surface area contributed by atoms with Crippen LogP contribution in [0.2, 0.25) is 5.02 Å². The molecule has 0 saturated carbocycles. The standard InChI is InChI=1S/C17H11BrClFN2O4.I2/c18-10-2-1-9(13(20)5-10)7-22-16(25)12-4-3-11(19)6-14(12)21(17(22)26)8-15(23)24;1-2/h1-6H,7-8H2,(H,23,24);. The topological polar surface area (TPSA) is 81.3 Å². The van der Waals surface area contributed by atoms with Crippen molar-refractivity contribution in [1.29, 1.82) is 0 Å². The van der Waals surface area contributed by atoms with Crippen LogP contribution in [0.3, 0.4) is 0 Å². The highest BCUT2D eigenvalue weighted by molar-refractivity contribution is 15.0. The van der Waals surface area contributed by atoms with Gasteiger partial charge in [0.05, 0.1) is 17.4 Å². The maximum Gasteiger partial charge on any atom is 0.332 e. The Morgan fingerprint density at radius 2 is 1.82 bits per heavy atom. The van der Waals surface area contributed by atoms with E-state index >= 15 is 0 Å². The van der Waals surface area contributed by atoms with Crippen molar-refractivity contribution < 1.29 is 14.3 Å². The van der Waals surface area contributed by atoms with Crippen LogP contribution in [0.4, 0.5) is 4.39 Å². The van der Waals surface area contributed by atoms with Crippen LogP contribution >= 0.6 is 64.8 Å². The normalized spacial score (nSPS) is 10.5. The summed E-state index contributed by atoms with van der Waals surface area (Å²) in [6.45, 7) is -0.978. The van der Waals surface area contributed by atoms with Gasteiger partial charge in [-0.3, -0.25) is 18.7 Å². The second kappa shape index (κ2) is 10.2. The van der Waals surface area contributed by atoms with E-state index in [1.165, 1.54) is 30.3 Å². The summed E-state index contributed by atoms with van der Waals surface area (Å²) < 4.78 is 16.4. The molecule has 1 aromatic heterocycles. The van der Waals surface area contributed by atoms with E-state index < -0.39 is 29.6 Å². The highest BCUT2D eigenvalue weighted by atomic mass is 128. The first-order valence-electron chi connectivity index (χ1n) is 7.51. The van der Waals surface area contributed by atoms with E-state index in [0.717, 1.165) is 9.13 Å². The minimum Gasteiger partial charge on any atom is -0.480 e. The Morgan fingerprint density at radius 1 is 1.14 bits per heavy atom. The number of carboxylic acids is 1. The van der Waals surface area contributed by atoms with E-state index in [-0.39, 0.29) is 28.0 Å². The molecule has 28 heavy (non-hydrogen) atoms. The third kappa shape index (κ3) is 5.13. The van der Waals surface area contributed by atoms with Crippen molar-refractivity contribution in [2.45, 2.75) is 13.1 Å². The number of fused-ring (bicyclic) bond motifs is 1. The van der Waals surface area contributed by atoms with Crippen LogP contribution in [0.5, 0.6) is 0 Å². The van der Waals surface area contributed by atoms with Crippen molar-refractivity contribution in [1.82, 2.24) is 9.13 Å². The number of benzene rings is 2. The van der Waals surface area contributed by atoms with Gasteiger partial charge < -0.3 is 5.11 Å². The Balaban J connectivity index is 0.00000136. The molecule has 2 aromatic carbocycles. The number of aliphatic carboxylic acids is 1. The SMILES string of the molecule is II.O=C(O)Cn1c(=O)n(Cc2ccc(Br)cc2F)c(=O)c2ccc(Cl)cc21. The van der Waals surface area contributed by atoms with Crippen molar-refractivity contribution in [2.75, 3.05) is 0 Å². The van der Waals surface area contributed by atoms with Gasteiger partial charge in [0.15, 0.2) is 0 Å². The fourth-order valence-corrected chi connectivity index (χ4v) is 3.14. The predicted octanol–water partition coefficient (Wildman–Crippen LogP) is 4.62. The maximum absolute atomic E-state index is 14.1.